The third-order valence-corrected chi connectivity index (χ3v) is 5.08. The first kappa shape index (κ1) is 15.3. The minimum Gasteiger partial charge on any atom is -0.467 e. The molecule has 0 aromatic heterocycles. The van der Waals surface area contributed by atoms with Crippen LogP contribution in [0.25, 0.3) is 0 Å². The summed E-state index contributed by atoms with van der Waals surface area (Å²) >= 11 is 6.11. The van der Waals surface area contributed by atoms with Gasteiger partial charge in [-0.1, -0.05) is 36.7 Å². The van der Waals surface area contributed by atoms with Crippen LogP contribution in [-0.2, 0) is 6.42 Å². The molecule has 2 bridgehead atoms. The lowest BCUT2D eigenvalue weighted by molar-refractivity contribution is 0.0377. The first-order valence-electron chi connectivity index (χ1n) is 8.19. The molecule has 2 aliphatic rings. The van der Waals surface area contributed by atoms with Crippen LogP contribution >= 0.6 is 11.6 Å². The van der Waals surface area contributed by atoms with Gasteiger partial charge in [0.15, 0.2) is 5.72 Å². The molecular formula is C19H19ClN2O2. The molecule has 0 spiro atoms. The molecule has 2 amide bonds. The van der Waals surface area contributed by atoms with Crippen LogP contribution in [0.4, 0.5) is 10.5 Å². The Morgan fingerprint density at radius 2 is 2.12 bits per heavy atom. The zero-order valence-corrected chi connectivity index (χ0v) is 14.4. The largest absolute Gasteiger partial charge is 0.467 e. The molecule has 24 heavy (non-hydrogen) atoms. The van der Waals surface area contributed by atoms with Gasteiger partial charge in [0.2, 0.25) is 0 Å². The number of nitrogens with zero attached hydrogens (tertiary/aromatic N) is 1. The molecule has 124 valence electrons. The number of carbonyl (C=O) groups is 1. The summed E-state index contributed by atoms with van der Waals surface area (Å²) in [5.74, 6) is 0.775. The number of ether oxygens (including phenoxy) is 1. The SMILES string of the molecule is CCc1ccccc1N1C(=O)N[C@H]2C[C@@]1(C)Oc1ccc(Cl)cc12. The molecule has 0 radical (unpaired) electrons. The number of halogens is 1. The van der Waals surface area contributed by atoms with Crippen molar-refractivity contribution in [2.75, 3.05) is 4.90 Å². The summed E-state index contributed by atoms with van der Waals surface area (Å²) in [6, 6.07) is 13.3. The van der Waals surface area contributed by atoms with E-state index in [2.05, 4.69) is 18.3 Å². The van der Waals surface area contributed by atoms with Gasteiger partial charge in [-0.15, -0.1) is 0 Å². The van der Waals surface area contributed by atoms with Crippen LogP contribution in [-0.4, -0.2) is 11.8 Å². The van der Waals surface area contributed by atoms with E-state index in [0.717, 1.165) is 29.0 Å². The second-order valence-electron chi connectivity index (χ2n) is 6.48. The maximum Gasteiger partial charge on any atom is 0.325 e. The predicted octanol–water partition coefficient (Wildman–Crippen LogP) is 4.67. The van der Waals surface area contributed by atoms with Crippen LogP contribution < -0.4 is 15.0 Å². The van der Waals surface area contributed by atoms with Crippen LogP contribution in [0.5, 0.6) is 5.75 Å². The number of carbonyl (C=O) groups excluding carboxylic acids is 1. The standard InChI is InChI=1S/C19H19ClN2O2/c1-3-12-6-4-5-7-16(12)22-18(23)21-15-11-19(22,2)24-17-9-8-13(20)10-14(15)17/h4-10,15H,3,11H2,1-2H3,(H,21,23)/t15-,19+/m0/s1. The fraction of sp³-hybridized carbons (Fsp3) is 0.316. The van der Waals surface area contributed by atoms with E-state index in [1.54, 1.807) is 4.90 Å². The number of para-hydroxylation sites is 1. The number of urea groups is 1. The van der Waals surface area contributed by atoms with Crippen molar-refractivity contribution in [2.45, 2.75) is 38.5 Å². The van der Waals surface area contributed by atoms with Crippen LogP contribution in [0.15, 0.2) is 42.5 Å². The monoisotopic (exact) mass is 342 g/mol. The minimum atomic E-state index is -0.723. The van der Waals surface area contributed by atoms with Gasteiger partial charge in [0.05, 0.1) is 11.7 Å². The summed E-state index contributed by atoms with van der Waals surface area (Å²) in [6.07, 6.45) is 1.52. The summed E-state index contributed by atoms with van der Waals surface area (Å²) in [6.45, 7) is 4.06. The predicted molar refractivity (Wildman–Crippen MR) is 94.7 cm³/mol. The number of hydrogen-bond donors (Lipinski definition) is 1. The maximum absolute atomic E-state index is 12.9. The van der Waals surface area contributed by atoms with Crippen molar-refractivity contribution < 1.29 is 9.53 Å². The number of benzene rings is 2. The molecule has 5 heteroatoms. The van der Waals surface area contributed by atoms with Gasteiger partial charge in [0.1, 0.15) is 5.75 Å². The van der Waals surface area contributed by atoms with Crippen molar-refractivity contribution in [3.8, 4) is 5.75 Å². The number of amides is 2. The van der Waals surface area contributed by atoms with Gasteiger partial charge < -0.3 is 10.1 Å². The zero-order valence-electron chi connectivity index (χ0n) is 13.7. The van der Waals surface area contributed by atoms with Gasteiger partial charge in [0.25, 0.3) is 0 Å². The van der Waals surface area contributed by atoms with Crippen LogP contribution in [0.1, 0.15) is 37.4 Å². The lowest BCUT2D eigenvalue weighted by atomic mass is 9.89. The molecule has 2 heterocycles. The van der Waals surface area contributed by atoms with E-state index in [1.807, 2.05) is 43.3 Å². The molecule has 2 atom stereocenters. The molecule has 1 N–H and O–H groups in total. The molecule has 4 nitrogen and oxygen atoms in total. The number of nitrogens with one attached hydrogen (secondary N) is 1. The number of fused-ring (bicyclic) bond motifs is 4. The molecule has 1 fully saturated rings. The molecule has 0 unspecified atom stereocenters. The van der Waals surface area contributed by atoms with Gasteiger partial charge >= 0.3 is 6.03 Å². The third-order valence-electron chi connectivity index (χ3n) is 4.85. The smallest absolute Gasteiger partial charge is 0.325 e. The molecule has 0 aliphatic carbocycles. The Hall–Kier alpha value is -2.20. The van der Waals surface area contributed by atoms with Crippen molar-refractivity contribution in [2.24, 2.45) is 0 Å². The minimum absolute atomic E-state index is 0.0880. The second kappa shape index (κ2) is 5.42. The van der Waals surface area contributed by atoms with Gasteiger partial charge in [0, 0.05) is 17.0 Å². The van der Waals surface area contributed by atoms with Crippen molar-refractivity contribution in [1.82, 2.24) is 5.32 Å². The normalized spacial score (nSPS) is 24.9. The highest BCUT2D eigenvalue weighted by atomic mass is 35.5. The highest BCUT2D eigenvalue weighted by Gasteiger charge is 2.50. The molecule has 2 aromatic rings. The summed E-state index contributed by atoms with van der Waals surface area (Å²) in [5.41, 5.74) is 2.24. The fourth-order valence-electron chi connectivity index (χ4n) is 3.74. The molecule has 4 rings (SSSR count). The Labute approximate surface area is 146 Å². The molecular weight excluding hydrogens is 324 g/mol. The average molecular weight is 343 g/mol. The summed E-state index contributed by atoms with van der Waals surface area (Å²) in [7, 11) is 0. The second-order valence-corrected chi connectivity index (χ2v) is 6.92. The van der Waals surface area contributed by atoms with Gasteiger partial charge in [-0.3, -0.25) is 4.90 Å². The lowest BCUT2D eigenvalue weighted by Crippen LogP contribution is -2.65. The summed E-state index contributed by atoms with van der Waals surface area (Å²) < 4.78 is 6.29. The van der Waals surface area contributed by atoms with Crippen molar-refractivity contribution in [3.05, 3.63) is 58.6 Å². The Morgan fingerprint density at radius 3 is 2.92 bits per heavy atom. The zero-order chi connectivity index (χ0) is 16.9. The van der Waals surface area contributed by atoms with E-state index in [0.29, 0.717) is 11.4 Å². The number of anilines is 1. The van der Waals surface area contributed by atoms with Crippen molar-refractivity contribution >= 4 is 23.3 Å². The maximum atomic E-state index is 12.9. The van der Waals surface area contributed by atoms with Gasteiger partial charge in [-0.05, 0) is 43.2 Å². The fourth-order valence-corrected chi connectivity index (χ4v) is 3.92. The summed E-state index contributed by atoms with van der Waals surface area (Å²) in [5, 5.41) is 3.75. The number of aryl methyl sites for hydroxylation is 1. The average Bonchev–Trinajstić information content (AvgIpc) is 2.55. The molecule has 0 saturated carbocycles. The quantitative estimate of drug-likeness (QED) is 0.861. The Bertz CT molecular complexity index is 823. The highest BCUT2D eigenvalue weighted by molar-refractivity contribution is 6.30. The van der Waals surface area contributed by atoms with Gasteiger partial charge in [-0.2, -0.15) is 0 Å². The van der Waals surface area contributed by atoms with E-state index in [9.17, 15) is 4.79 Å². The first-order chi connectivity index (χ1) is 11.5. The van der Waals surface area contributed by atoms with E-state index < -0.39 is 5.72 Å². The van der Waals surface area contributed by atoms with Crippen LogP contribution in [0.2, 0.25) is 5.02 Å². The Morgan fingerprint density at radius 1 is 1.33 bits per heavy atom. The Kier molecular flexibility index (Phi) is 3.46. The number of rotatable bonds is 2. The Balaban J connectivity index is 1.82. The first-order valence-corrected chi connectivity index (χ1v) is 8.57. The van der Waals surface area contributed by atoms with E-state index >= 15 is 0 Å². The van der Waals surface area contributed by atoms with Crippen LogP contribution in [0.3, 0.4) is 0 Å². The summed E-state index contributed by atoms with van der Waals surface area (Å²) in [4.78, 5) is 14.6. The topological polar surface area (TPSA) is 41.6 Å². The molecule has 2 aliphatic heterocycles. The van der Waals surface area contributed by atoms with E-state index in [-0.39, 0.29) is 12.1 Å². The van der Waals surface area contributed by atoms with Crippen molar-refractivity contribution in [1.29, 1.82) is 0 Å². The van der Waals surface area contributed by atoms with E-state index in [1.165, 1.54) is 0 Å². The van der Waals surface area contributed by atoms with Crippen LogP contribution in [0, 0.1) is 0 Å². The van der Waals surface area contributed by atoms with Gasteiger partial charge in [-0.25, -0.2) is 4.79 Å². The third kappa shape index (κ3) is 2.25. The highest BCUT2D eigenvalue weighted by Crippen LogP contribution is 2.46. The molecule has 1 saturated heterocycles. The molecule has 2 aromatic carbocycles. The van der Waals surface area contributed by atoms with Crippen molar-refractivity contribution in [3.63, 3.8) is 0 Å². The lowest BCUT2D eigenvalue weighted by Gasteiger charge is -2.51. The number of hydrogen-bond acceptors (Lipinski definition) is 2. The van der Waals surface area contributed by atoms with E-state index in [4.69, 9.17) is 16.3 Å².